The number of carbonyl (C=O) groups is 1. The minimum Gasteiger partial charge on any atom is -0.370 e. The summed E-state index contributed by atoms with van der Waals surface area (Å²) in [5.74, 6) is 1.58. The molecule has 0 radical (unpaired) electrons. The Morgan fingerprint density at radius 2 is 2.16 bits per heavy atom. The SMILES string of the molecule is CCCCNc1cc(N2CCN(c3cnn(C)c3)C(=O)C2)nc(N)n1. The highest BCUT2D eigenvalue weighted by Gasteiger charge is 2.27. The average molecular weight is 344 g/mol. The minimum atomic E-state index is 0.0110. The third-order valence-electron chi connectivity index (χ3n) is 4.11. The number of aromatic nitrogens is 4. The molecule has 134 valence electrons. The third kappa shape index (κ3) is 3.98. The lowest BCUT2D eigenvalue weighted by Crippen LogP contribution is -2.50. The molecule has 0 atom stereocenters. The fourth-order valence-corrected chi connectivity index (χ4v) is 2.79. The molecule has 2 aromatic rings. The second-order valence-corrected chi connectivity index (χ2v) is 6.09. The van der Waals surface area contributed by atoms with Gasteiger partial charge in [-0.25, -0.2) is 0 Å². The first-order chi connectivity index (χ1) is 12.1. The maximum absolute atomic E-state index is 12.5. The minimum absolute atomic E-state index is 0.0110. The molecule has 9 nitrogen and oxygen atoms in total. The van der Waals surface area contributed by atoms with Gasteiger partial charge in [-0.1, -0.05) is 13.3 Å². The van der Waals surface area contributed by atoms with Crippen LogP contribution in [-0.4, -0.2) is 51.8 Å². The van der Waals surface area contributed by atoms with Gasteiger partial charge in [-0.3, -0.25) is 9.48 Å². The van der Waals surface area contributed by atoms with E-state index in [1.54, 1.807) is 15.8 Å². The highest BCUT2D eigenvalue weighted by molar-refractivity contribution is 5.97. The number of nitrogens with two attached hydrogens (primary N) is 1. The van der Waals surface area contributed by atoms with E-state index in [1.807, 2.05) is 24.2 Å². The molecule has 1 fully saturated rings. The lowest BCUT2D eigenvalue weighted by molar-refractivity contribution is -0.117. The maximum atomic E-state index is 12.5. The summed E-state index contributed by atoms with van der Waals surface area (Å²) >= 11 is 0. The van der Waals surface area contributed by atoms with Gasteiger partial charge in [-0.15, -0.1) is 0 Å². The average Bonchev–Trinajstić information content (AvgIpc) is 3.00. The highest BCUT2D eigenvalue weighted by Crippen LogP contribution is 2.22. The molecule has 0 aromatic carbocycles. The molecule has 1 aliphatic rings. The Labute approximate surface area is 146 Å². The van der Waals surface area contributed by atoms with E-state index in [9.17, 15) is 4.79 Å². The summed E-state index contributed by atoms with van der Waals surface area (Å²) in [5.41, 5.74) is 6.65. The number of hydrogen-bond donors (Lipinski definition) is 2. The zero-order valence-electron chi connectivity index (χ0n) is 14.6. The van der Waals surface area contributed by atoms with Crippen molar-refractivity contribution in [1.82, 2.24) is 19.7 Å². The fraction of sp³-hybridized carbons (Fsp3) is 0.500. The highest BCUT2D eigenvalue weighted by atomic mass is 16.2. The van der Waals surface area contributed by atoms with E-state index >= 15 is 0 Å². The second-order valence-electron chi connectivity index (χ2n) is 6.09. The van der Waals surface area contributed by atoms with E-state index in [2.05, 4.69) is 27.3 Å². The van der Waals surface area contributed by atoms with Crippen LogP contribution in [-0.2, 0) is 11.8 Å². The molecule has 0 spiro atoms. The maximum Gasteiger partial charge on any atom is 0.246 e. The molecular formula is C16H24N8O. The lowest BCUT2D eigenvalue weighted by atomic mass is 10.2. The Balaban J connectivity index is 1.70. The first-order valence-electron chi connectivity index (χ1n) is 8.49. The molecule has 3 N–H and O–H groups in total. The number of unbranched alkanes of at least 4 members (excludes halogenated alkanes) is 1. The van der Waals surface area contributed by atoms with Crippen LogP contribution in [0.3, 0.4) is 0 Å². The number of hydrogen-bond acceptors (Lipinski definition) is 7. The Kier molecular flexibility index (Phi) is 5.01. The number of anilines is 4. The van der Waals surface area contributed by atoms with Crippen LogP contribution >= 0.6 is 0 Å². The molecule has 9 heteroatoms. The van der Waals surface area contributed by atoms with Crippen LogP contribution in [0, 0.1) is 0 Å². The van der Waals surface area contributed by atoms with Gasteiger partial charge in [0.1, 0.15) is 11.6 Å². The van der Waals surface area contributed by atoms with Gasteiger partial charge in [-0.2, -0.15) is 15.1 Å². The van der Waals surface area contributed by atoms with Crippen molar-refractivity contribution in [3.05, 3.63) is 18.5 Å². The first-order valence-corrected chi connectivity index (χ1v) is 8.49. The molecular weight excluding hydrogens is 320 g/mol. The molecule has 3 rings (SSSR count). The van der Waals surface area contributed by atoms with Gasteiger partial charge in [0.25, 0.3) is 0 Å². The van der Waals surface area contributed by atoms with Crippen LogP contribution in [0.4, 0.5) is 23.3 Å². The summed E-state index contributed by atoms with van der Waals surface area (Å²) in [5, 5.41) is 7.38. The Morgan fingerprint density at radius 1 is 1.32 bits per heavy atom. The van der Waals surface area contributed by atoms with Crippen molar-refractivity contribution in [2.45, 2.75) is 19.8 Å². The molecule has 3 heterocycles. The quantitative estimate of drug-likeness (QED) is 0.749. The molecule has 2 aromatic heterocycles. The predicted molar refractivity (Wildman–Crippen MR) is 97.6 cm³/mol. The smallest absolute Gasteiger partial charge is 0.246 e. The Morgan fingerprint density at radius 3 is 2.84 bits per heavy atom. The van der Waals surface area contributed by atoms with E-state index in [4.69, 9.17) is 5.73 Å². The number of aryl methyl sites for hydroxylation is 1. The fourth-order valence-electron chi connectivity index (χ4n) is 2.79. The Hall–Kier alpha value is -2.84. The summed E-state index contributed by atoms with van der Waals surface area (Å²) in [6.45, 7) is 4.47. The number of nitrogen functional groups attached to an aromatic ring is 1. The number of piperazine rings is 1. The topological polar surface area (TPSA) is 105 Å². The zero-order valence-corrected chi connectivity index (χ0v) is 14.6. The molecule has 0 bridgehead atoms. The summed E-state index contributed by atoms with van der Waals surface area (Å²) in [7, 11) is 1.83. The summed E-state index contributed by atoms with van der Waals surface area (Å²) in [6, 6.07) is 1.85. The summed E-state index contributed by atoms with van der Waals surface area (Å²) in [4.78, 5) is 24.7. The van der Waals surface area contributed by atoms with Gasteiger partial charge < -0.3 is 20.9 Å². The monoisotopic (exact) mass is 344 g/mol. The van der Waals surface area contributed by atoms with Crippen molar-refractivity contribution in [1.29, 1.82) is 0 Å². The molecule has 0 aliphatic carbocycles. The molecule has 0 saturated carbocycles. The van der Waals surface area contributed by atoms with Gasteiger partial charge in [-0.05, 0) is 6.42 Å². The van der Waals surface area contributed by atoms with Gasteiger partial charge >= 0.3 is 0 Å². The van der Waals surface area contributed by atoms with Crippen molar-refractivity contribution in [3.8, 4) is 0 Å². The lowest BCUT2D eigenvalue weighted by Gasteiger charge is -2.34. The van der Waals surface area contributed by atoms with Crippen LogP contribution in [0.15, 0.2) is 18.5 Å². The second kappa shape index (κ2) is 7.37. The van der Waals surface area contributed by atoms with Gasteiger partial charge in [0.2, 0.25) is 11.9 Å². The summed E-state index contributed by atoms with van der Waals surface area (Å²) < 4.78 is 1.69. The van der Waals surface area contributed by atoms with E-state index in [0.717, 1.165) is 25.1 Å². The van der Waals surface area contributed by atoms with Crippen LogP contribution in [0.1, 0.15) is 19.8 Å². The zero-order chi connectivity index (χ0) is 17.8. The van der Waals surface area contributed by atoms with Crippen LogP contribution in [0.25, 0.3) is 0 Å². The van der Waals surface area contributed by atoms with Crippen molar-refractivity contribution >= 4 is 29.2 Å². The number of nitrogens with one attached hydrogen (secondary N) is 1. The van der Waals surface area contributed by atoms with Gasteiger partial charge in [0, 0.05) is 38.9 Å². The van der Waals surface area contributed by atoms with Crippen molar-refractivity contribution in [2.75, 3.05) is 47.0 Å². The standard InChI is InChI=1S/C16H24N8O/c1-3-4-5-18-13-8-14(21-16(17)20-13)23-6-7-24(15(25)11-23)12-9-19-22(2)10-12/h8-10H,3-7,11H2,1-2H3,(H3,17,18,20,21). The third-order valence-corrected chi connectivity index (χ3v) is 4.11. The van der Waals surface area contributed by atoms with Crippen molar-refractivity contribution < 1.29 is 4.79 Å². The summed E-state index contributed by atoms with van der Waals surface area (Å²) in [6.07, 6.45) is 5.70. The predicted octanol–water partition coefficient (Wildman–Crippen LogP) is 0.858. The van der Waals surface area contributed by atoms with E-state index in [-0.39, 0.29) is 18.4 Å². The van der Waals surface area contributed by atoms with Crippen molar-refractivity contribution in [2.24, 2.45) is 7.05 Å². The molecule has 1 aliphatic heterocycles. The van der Waals surface area contributed by atoms with E-state index in [0.29, 0.717) is 24.7 Å². The molecule has 0 unspecified atom stereocenters. The number of amides is 1. The normalized spacial score (nSPS) is 14.9. The molecule has 1 saturated heterocycles. The Bertz CT molecular complexity index is 743. The van der Waals surface area contributed by atoms with Crippen LogP contribution in [0.2, 0.25) is 0 Å². The van der Waals surface area contributed by atoms with Crippen LogP contribution < -0.4 is 20.9 Å². The van der Waals surface area contributed by atoms with E-state index < -0.39 is 0 Å². The largest absolute Gasteiger partial charge is 0.370 e. The molecule has 1 amide bonds. The van der Waals surface area contributed by atoms with Gasteiger partial charge in [0.05, 0.1) is 18.4 Å². The molecule has 25 heavy (non-hydrogen) atoms. The van der Waals surface area contributed by atoms with E-state index in [1.165, 1.54) is 0 Å². The van der Waals surface area contributed by atoms with Crippen molar-refractivity contribution in [3.63, 3.8) is 0 Å². The number of nitrogens with zero attached hydrogens (tertiary/aromatic N) is 6. The van der Waals surface area contributed by atoms with Crippen LogP contribution in [0.5, 0.6) is 0 Å². The number of rotatable bonds is 6. The number of carbonyl (C=O) groups excluding carboxylic acids is 1. The van der Waals surface area contributed by atoms with Gasteiger partial charge in [0.15, 0.2) is 0 Å². The first kappa shape index (κ1) is 17.0.